The van der Waals surface area contributed by atoms with Crippen LogP contribution in [0.1, 0.15) is 36.4 Å². The van der Waals surface area contributed by atoms with Crippen molar-refractivity contribution in [1.29, 1.82) is 0 Å². The molecule has 0 spiro atoms. The molecule has 34 heavy (non-hydrogen) atoms. The second-order valence-corrected chi connectivity index (χ2v) is 8.39. The highest BCUT2D eigenvalue weighted by Gasteiger charge is 2.26. The third kappa shape index (κ3) is 4.22. The van der Waals surface area contributed by atoms with E-state index in [-0.39, 0.29) is 23.0 Å². The van der Waals surface area contributed by atoms with Crippen molar-refractivity contribution in [3.05, 3.63) is 88.5 Å². The first-order valence-electron chi connectivity index (χ1n) is 11.4. The number of methoxy groups -OCH3 is 1. The summed E-state index contributed by atoms with van der Waals surface area (Å²) in [6.07, 6.45) is 8.19. The average molecular weight is 459 g/mol. The maximum atomic E-state index is 13.2. The number of likely N-dealkylation sites (tertiary alicyclic amines) is 1. The van der Waals surface area contributed by atoms with Crippen molar-refractivity contribution in [2.24, 2.45) is 0 Å². The van der Waals surface area contributed by atoms with Gasteiger partial charge in [0.1, 0.15) is 17.6 Å². The highest BCUT2D eigenvalue weighted by Crippen LogP contribution is 2.36. The number of rotatable bonds is 6. The van der Waals surface area contributed by atoms with Crippen molar-refractivity contribution >= 4 is 11.0 Å². The molecule has 1 aliphatic heterocycles. The second kappa shape index (κ2) is 9.57. The molecule has 7 nitrogen and oxygen atoms in total. The van der Waals surface area contributed by atoms with E-state index in [0.717, 1.165) is 31.4 Å². The summed E-state index contributed by atoms with van der Waals surface area (Å²) in [5.74, 6) is 1.09. The van der Waals surface area contributed by atoms with Crippen LogP contribution in [0.2, 0.25) is 0 Å². The molecule has 1 saturated heterocycles. The van der Waals surface area contributed by atoms with E-state index in [0.29, 0.717) is 34.6 Å². The predicted octanol–water partition coefficient (Wildman–Crippen LogP) is 5.42. The SMILES string of the molecule is COc1ccccc1Oc1coc2c(CN3CCCC[C@H]3c3cccnc3)c(O)ccc2c1=O. The summed E-state index contributed by atoms with van der Waals surface area (Å²) in [4.78, 5) is 19.8. The van der Waals surface area contributed by atoms with E-state index in [2.05, 4.69) is 16.0 Å². The number of benzene rings is 2. The molecule has 1 N–H and O–H groups in total. The number of nitrogens with zero attached hydrogens (tertiary/aromatic N) is 2. The molecule has 1 aliphatic rings. The van der Waals surface area contributed by atoms with Crippen molar-refractivity contribution in [2.45, 2.75) is 31.8 Å². The molecule has 1 fully saturated rings. The number of phenols is 1. The summed E-state index contributed by atoms with van der Waals surface area (Å²) in [7, 11) is 1.54. The molecule has 0 saturated carbocycles. The van der Waals surface area contributed by atoms with E-state index in [1.165, 1.54) is 6.26 Å². The molecule has 0 amide bonds. The van der Waals surface area contributed by atoms with Gasteiger partial charge in [-0.2, -0.15) is 0 Å². The normalized spacial score (nSPS) is 16.4. The van der Waals surface area contributed by atoms with Crippen molar-refractivity contribution in [1.82, 2.24) is 9.88 Å². The lowest BCUT2D eigenvalue weighted by molar-refractivity contribution is 0.139. The quantitative estimate of drug-likeness (QED) is 0.413. The fourth-order valence-corrected chi connectivity index (χ4v) is 4.61. The van der Waals surface area contributed by atoms with Crippen LogP contribution in [-0.4, -0.2) is 28.6 Å². The molecule has 0 radical (unpaired) electrons. The van der Waals surface area contributed by atoms with Gasteiger partial charge in [-0.15, -0.1) is 0 Å². The smallest absolute Gasteiger partial charge is 0.235 e. The molecule has 1 atom stereocenters. The van der Waals surface area contributed by atoms with Crippen LogP contribution >= 0.6 is 0 Å². The maximum Gasteiger partial charge on any atom is 0.235 e. The zero-order chi connectivity index (χ0) is 23.5. The first kappa shape index (κ1) is 22.0. The minimum Gasteiger partial charge on any atom is -0.507 e. The zero-order valence-electron chi connectivity index (χ0n) is 18.9. The molecular formula is C27H26N2O5. The van der Waals surface area contributed by atoms with Crippen LogP contribution in [0.4, 0.5) is 0 Å². The molecule has 5 rings (SSSR count). The van der Waals surface area contributed by atoms with Crippen LogP contribution in [0.25, 0.3) is 11.0 Å². The van der Waals surface area contributed by atoms with Gasteiger partial charge >= 0.3 is 0 Å². The monoisotopic (exact) mass is 458 g/mol. The number of hydrogen-bond acceptors (Lipinski definition) is 7. The number of para-hydroxylation sites is 2. The number of hydrogen-bond donors (Lipinski definition) is 1. The van der Waals surface area contributed by atoms with Crippen LogP contribution in [0, 0.1) is 0 Å². The molecule has 0 bridgehead atoms. The van der Waals surface area contributed by atoms with Gasteiger partial charge in [0, 0.05) is 25.0 Å². The summed E-state index contributed by atoms with van der Waals surface area (Å²) in [6.45, 7) is 1.34. The number of aromatic nitrogens is 1. The summed E-state index contributed by atoms with van der Waals surface area (Å²) in [6, 6.07) is 14.4. The molecule has 2 aromatic heterocycles. The highest BCUT2D eigenvalue weighted by atomic mass is 16.5. The third-order valence-electron chi connectivity index (χ3n) is 6.32. The Bertz CT molecular complexity index is 1350. The molecule has 4 aromatic rings. The van der Waals surface area contributed by atoms with E-state index < -0.39 is 0 Å². The van der Waals surface area contributed by atoms with Crippen molar-refractivity contribution in [3.63, 3.8) is 0 Å². The average Bonchev–Trinajstić information content (AvgIpc) is 2.88. The van der Waals surface area contributed by atoms with Gasteiger partial charge in [0.05, 0.1) is 18.1 Å². The topological polar surface area (TPSA) is 85.0 Å². The Morgan fingerprint density at radius 3 is 2.74 bits per heavy atom. The molecule has 3 heterocycles. The molecule has 0 unspecified atom stereocenters. The van der Waals surface area contributed by atoms with E-state index in [4.69, 9.17) is 13.9 Å². The van der Waals surface area contributed by atoms with Gasteiger partial charge in [0.2, 0.25) is 11.2 Å². The number of piperidine rings is 1. The predicted molar refractivity (Wildman–Crippen MR) is 128 cm³/mol. The minimum atomic E-state index is -0.309. The lowest BCUT2D eigenvalue weighted by Gasteiger charge is -2.36. The minimum absolute atomic E-state index is 0.0554. The second-order valence-electron chi connectivity index (χ2n) is 8.39. The largest absolute Gasteiger partial charge is 0.507 e. The fraction of sp³-hybridized carbons (Fsp3) is 0.259. The van der Waals surface area contributed by atoms with Crippen molar-refractivity contribution in [2.75, 3.05) is 13.7 Å². The number of fused-ring (bicyclic) bond motifs is 1. The van der Waals surface area contributed by atoms with Crippen molar-refractivity contribution < 1.29 is 19.0 Å². The lowest BCUT2D eigenvalue weighted by atomic mass is 9.95. The van der Waals surface area contributed by atoms with E-state index in [1.807, 2.05) is 18.3 Å². The van der Waals surface area contributed by atoms with Gasteiger partial charge in [-0.3, -0.25) is 14.7 Å². The molecule has 0 aliphatic carbocycles. The summed E-state index contributed by atoms with van der Waals surface area (Å²) < 4.78 is 17.0. The number of ether oxygens (including phenoxy) is 2. The Morgan fingerprint density at radius 1 is 1.09 bits per heavy atom. The first-order chi connectivity index (χ1) is 16.7. The maximum absolute atomic E-state index is 13.2. The van der Waals surface area contributed by atoms with E-state index in [1.54, 1.807) is 43.6 Å². The van der Waals surface area contributed by atoms with Crippen LogP contribution in [0.3, 0.4) is 0 Å². The summed E-state index contributed by atoms with van der Waals surface area (Å²) >= 11 is 0. The first-order valence-corrected chi connectivity index (χ1v) is 11.4. The number of phenolic OH excluding ortho intramolecular Hbond substituents is 1. The fourth-order valence-electron chi connectivity index (χ4n) is 4.61. The van der Waals surface area contributed by atoms with Gasteiger partial charge in [-0.1, -0.05) is 24.6 Å². The van der Waals surface area contributed by atoms with Crippen LogP contribution in [0.15, 0.2) is 76.4 Å². The zero-order valence-corrected chi connectivity index (χ0v) is 18.9. The molecule has 2 aromatic carbocycles. The Kier molecular flexibility index (Phi) is 6.18. The van der Waals surface area contributed by atoms with Crippen LogP contribution in [-0.2, 0) is 6.54 Å². The number of pyridine rings is 1. The Balaban J connectivity index is 1.50. The van der Waals surface area contributed by atoms with Crippen molar-refractivity contribution in [3.8, 4) is 23.0 Å². The van der Waals surface area contributed by atoms with E-state index in [9.17, 15) is 9.90 Å². The molecule has 7 heteroatoms. The molecular weight excluding hydrogens is 432 g/mol. The number of aromatic hydroxyl groups is 1. The van der Waals surface area contributed by atoms with Crippen LogP contribution < -0.4 is 14.9 Å². The van der Waals surface area contributed by atoms with Crippen LogP contribution in [0.5, 0.6) is 23.0 Å². The van der Waals surface area contributed by atoms with Gasteiger partial charge in [-0.25, -0.2) is 0 Å². The lowest BCUT2D eigenvalue weighted by Crippen LogP contribution is -2.33. The Labute approximate surface area is 197 Å². The Hall–Kier alpha value is -3.84. The van der Waals surface area contributed by atoms with Gasteiger partial charge in [-0.05, 0) is 55.3 Å². The van der Waals surface area contributed by atoms with E-state index >= 15 is 0 Å². The van der Waals surface area contributed by atoms with Gasteiger partial charge < -0.3 is 19.0 Å². The molecule has 174 valence electrons. The summed E-state index contributed by atoms with van der Waals surface area (Å²) in [5.41, 5.74) is 1.80. The third-order valence-corrected chi connectivity index (χ3v) is 6.32. The van der Waals surface area contributed by atoms with Gasteiger partial charge in [0.25, 0.3) is 0 Å². The highest BCUT2D eigenvalue weighted by molar-refractivity contribution is 5.83. The Morgan fingerprint density at radius 2 is 1.94 bits per heavy atom. The summed E-state index contributed by atoms with van der Waals surface area (Å²) in [5, 5.41) is 11.1. The standard InChI is InChI=1S/C27H26N2O5/c1-32-23-9-2-3-10-24(23)34-25-17-33-27-19(26(25)31)11-12-22(30)20(27)16-29-14-5-4-8-21(29)18-7-6-13-28-15-18/h2-3,6-7,9-13,15,17,21,30H,4-5,8,14,16H2,1H3/t21-/m0/s1. The van der Waals surface area contributed by atoms with Gasteiger partial charge in [0.15, 0.2) is 11.5 Å².